The second-order valence-electron chi connectivity index (χ2n) is 3.96. The molecule has 0 spiro atoms. The lowest BCUT2D eigenvalue weighted by Gasteiger charge is -2.09. The number of amides is 2. The molecule has 2 rings (SSSR count). The molecule has 2 N–H and O–H groups in total. The Labute approximate surface area is 135 Å². The first-order chi connectivity index (χ1) is 10.6. The van der Waals surface area contributed by atoms with Gasteiger partial charge in [-0.2, -0.15) is 0 Å². The molecular formula is C13H10Cl2N4O3. The number of hydrazine groups is 1. The van der Waals surface area contributed by atoms with Crippen molar-refractivity contribution in [1.29, 1.82) is 0 Å². The number of benzene rings is 1. The normalized spacial score (nSPS) is 9.91. The highest BCUT2D eigenvalue weighted by Gasteiger charge is 2.10. The Bertz CT molecular complexity index is 682. The van der Waals surface area contributed by atoms with E-state index in [4.69, 9.17) is 27.9 Å². The standard InChI is InChI=1S/C13H10Cl2N4O3/c14-8-1-2-11(9(15)5-8)22-7-12(20)18-19-13(21)10-6-16-3-4-17-10/h1-6H,7H2,(H,18,20)(H,19,21). The van der Waals surface area contributed by atoms with Gasteiger partial charge in [-0.3, -0.25) is 25.4 Å². The van der Waals surface area contributed by atoms with Gasteiger partial charge in [0.15, 0.2) is 6.61 Å². The van der Waals surface area contributed by atoms with Crippen LogP contribution < -0.4 is 15.6 Å². The number of rotatable bonds is 4. The lowest BCUT2D eigenvalue weighted by atomic mass is 10.3. The molecule has 0 radical (unpaired) electrons. The van der Waals surface area contributed by atoms with Crippen LogP contribution in [-0.4, -0.2) is 28.4 Å². The largest absolute Gasteiger partial charge is 0.482 e. The fraction of sp³-hybridized carbons (Fsp3) is 0.0769. The summed E-state index contributed by atoms with van der Waals surface area (Å²) in [6.07, 6.45) is 4.06. The molecule has 0 saturated carbocycles. The molecule has 0 aliphatic heterocycles. The molecule has 0 aliphatic carbocycles. The molecule has 22 heavy (non-hydrogen) atoms. The molecule has 0 aliphatic rings. The summed E-state index contributed by atoms with van der Waals surface area (Å²) < 4.78 is 5.21. The molecule has 0 bridgehead atoms. The van der Waals surface area contributed by atoms with Gasteiger partial charge in [0.2, 0.25) is 0 Å². The minimum Gasteiger partial charge on any atom is -0.482 e. The van der Waals surface area contributed by atoms with Crippen LogP contribution in [0.4, 0.5) is 0 Å². The maximum absolute atomic E-state index is 11.6. The zero-order chi connectivity index (χ0) is 15.9. The van der Waals surface area contributed by atoms with Crippen molar-refractivity contribution < 1.29 is 14.3 Å². The van der Waals surface area contributed by atoms with Crippen LogP contribution in [0.5, 0.6) is 5.75 Å². The fourth-order valence-corrected chi connectivity index (χ4v) is 1.84. The van der Waals surface area contributed by atoms with Crippen molar-refractivity contribution in [2.75, 3.05) is 6.61 Å². The number of hydrogen-bond acceptors (Lipinski definition) is 5. The van der Waals surface area contributed by atoms with E-state index in [1.54, 1.807) is 6.07 Å². The molecule has 1 heterocycles. The third kappa shape index (κ3) is 4.57. The molecular weight excluding hydrogens is 331 g/mol. The number of aromatic nitrogens is 2. The second-order valence-corrected chi connectivity index (χ2v) is 4.80. The van der Waals surface area contributed by atoms with Gasteiger partial charge in [-0.1, -0.05) is 23.2 Å². The highest BCUT2D eigenvalue weighted by Crippen LogP contribution is 2.27. The Balaban J connectivity index is 1.80. The molecule has 1 aromatic heterocycles. The fourth-order valence-electron chi connectivity index (χ4n) is 1.38. The molecule has 0 unspecified atom stereocenters. The Morgan fingerprint density at radius 2 is 2.00 bits per heavy atom. The highest BCUT2D eigenvalue weighted by molar-refractivity contribution is 6.35. The van der Waals surface area contributed by atoms with E-state index in [2.05, 4.69) is 20.8 Å². The Hall–Kier alpha value is -2.38. The lowest BCUT2D eigenvalue weighted by molar-refractivity contribution is -0.123. The predicted molar refractivity (Wildman–Crippen MR) is 79.6 cm³/mol. The van der Waals surface area contributed by atoms with Crippen LogP contribution in [0.25, 0.3) is 0 Å². The van der Waals surface area contributed by atoms with Crippen molar-refractivity contribution >= 4 is 35.0 Å². The van der Waals surface area contributed by atoms with E-state index in [-0.39, 0.29) is 17.3 Å². The van der Waals surface area contributed by atoms with Gasteiger partial charge in [-0.15, -0.1) is 0 Å². The summed E-state index contributed by atoms with van der Waals surface area (Å²) in [5, 5.41) is 0.738. The molecule has 9 heteroatoms. The van der Waals surface area contributed by atoms with Crippen LogP contribution in [0.2, 0.25) is 10.0 Å². The summed E-state index contributed by atoms with van der Waals surface area (Å²) in [4.78, 5) is 30.7. The van der Waals surface area contributed by atoms with Crippen molar-refractivity contribution in [1.82, 2.24) is 20.8 Å². The smallest absolute Gasteiger partial charge is 0.289 e. The predicted octanol–water partition coefficient (Wildman–Crippen LogP) is 1.62. The van der Waals surface area contributed by atoms with Crippen LogP contribution in [0, 0.1) is 0 Å². The van der Waals surface area contributed by atoms with E-state index in [0.717, 1.165) is 0 Å². The lowest BCUT2D eigenvalue weighted by Crippen LogP contribution is -2.44. The van der Waals surface area contributed by atoms with Crippen molar-refractivity contribution in [3.8, 4) is 5.75 Å². The third-order valence-corrected chi connectivity index (χ3v) is 2.89. The van der Waals surface area contributed by atoms with E-state index in [1.165, 1.54) is 30.7 Å². The van der Waals surface area contributed by atoms with Crippen LogP contribution in [0.3, 0.4) is 0 Å². The molecule has 1 aromatic carbocycles. The van der Waals surface area contributed by atoms with Crippen molar-refractivity contribution in [3.63, 3.8) is 0 Å². The summed E-state index contributed by atoms with van der Waals surface area (Å²) in [5.41, 5.74) is 4.44. The topological polar surface area (TPSA) is 93.2 Å². The Morgan fingerprint density at radius 1 is 1.18 bits per heavy atom. The zero-order valence-corrected chi connectivity index (χ0v) is 12.6. The molecule has 2 aromatic rings. The molecule has 0 atom stereocenters. The van der Waals surface area contributed by atoms with Crippen molar-refractivity contribution in [2.45, 2.75) is 0 Å². The first-order valence-electron chi connectivity index (χ1n) is 5.99. The van der Waals surface area contributed by atoms with Gasteiger partial charge < -0.3 is 4.74 Å². The number of carbonyl (C=O) groups excluding carboxylic acids is 2. The first-order valence-corrected chi connectivity index (χ1v) is 6.75. The average molecular weight is 341 g/mol. The van der Waals surface area contributed by atoms with E-state index in [9.17, 15) is 9.59 Å². The monoisotopic (exact) mass is 340 g/mol. The van der Waals surface area contributed by atoms with Crippen LogP contribution in [0.15, 0.2) is 36.8 Å². The summed E-state index contributed by atoms with van der Waals surface area (Å²) in [5.74, 6) is -0.851. The number of ether oxygens (including phenoxy) is 1. The van der Waals surface area contributed by atoms with E-state index in [0.29, 0.717) is 10.8 Å². The van der Waals surface area contributed by atoms with Gasteiger partial charge in [0.1, 0.15) is 11.4 Å². The maximum Gasteiger partial charge on any atom is 0.289 e. The number of nitrogens with one attached hydrogen (secondary N) is 2. The third-order valence-electron chi connectivity index (χ3n) is 2.36. The molecule has 114 valence electrons. The maximum atomic E-state index is 11.6. The van der Waals surface area contributed by atoms with Crippen LogP contribution in [-0.2, 0) is 4.79 Å². The summed E-state index contributed by atoms with van der Waals surface area (Å²) in [6.45, 7) is -0.331. The summed E-state index contributed by atoms with van der Waals surface area (Å²) in [7, 11) is 0. The molecule has 0 fully saturated rings. The van der Waals surface area contributed by atoms with E-state index in [1.807, 2.05) is 0 Å². The highest BCUT2D eigenvalue weighted by atomic mass is 35.5. The zero-order valence-electron chi connectivity index (χ0n) is 11.0. The number of nitrogens with zero attached hydrogens (tertiary/aromatic N) is 2. The van der Waals surface area contributed by atoms with Crippen molar-refractivity contribution in [3.05, 3.63) is 52.5 Å². The van der Waals surface area contributed by atoms with E-state index >= 15 is 0 Å². The second kappa shape index (κ2) is 7.58. The number of hydrogen-bond donors (Lipinski definition) is 2. The van der Waals surface area contributed by atoms with Crippen molar-refractivity contribution in [2.24, 2.45) is 0 Å². The van der Waals surface area contributed by atoms with Crippen LogP contribution >= 0.6 is 23.2 Å². The average Bonchev–Trinajstić information content (AvgIpc) is 2.52. The minimum atomic E-state index is -0.592. The first kappa shape index (κ1) is 16.0. The van der Waals surface area contributed by atoms with Gasteiger partial charge in [0.25, 0.3) is 11.8 Å². The van der Waals surface area contributed by atoms with Gasteiger partial charge >= 0.3 is 0 Å². The minimum absolute atomic E-state index is 0.0736. The van der Waals surface area contributed by atoms with Gasteiger partial charge in [-0.25, -0.2) is 4.98 Å². The number of carbonyl (C=O) groups is 2. The van der Waals surface area contributed by atoms with Gasteiger partial charge in [-0.05, 0) is 18.2 Å². The Kier molecular flexibility index (Phi) is 5.51. The SMILES string of the molecule is O=C(COc1ccc(Cl)cc1Cl)NNC(=O)c1cnccn1. The molecule has 0 saturated heterocycles. The Morgan fingerprint density at radius 3 is 2.68 bits per heavy atom. The van der Waals surface area contributed by atoms with Crippen LogP contribution in [0.1, 0.15) is 10.5 Å². The molecule has 7 nitrogen and oxygen atoms in total. The molecule has 2 amide bonds. The summed E-state index contributed by atoms with van der Waals surface area (Å²) >= 11 is 11.6. The van der Waals surface area contributed by atoms with Gasteiger partial charge in [0, 0.05) is 17.4 Å². The quantitative estimate of drug-likeness (QED) is 0.825. The number of halogens is 2. The van der Waals surface area contributed by atoms with Gasteiger partial charge in [0.05, 0.1) is 11.2 Å². The summed E-state index contributed by atoms with van der Waals surface area (Å²) in [6, 6.07) is 4.61. The van der Waals surface area contributed by atoms with E-state index < -0.39 is 11.8 Å².